The summed E-state index contributed by atoms with van der Waals surface area (Å²) in [6.45, 7) is 0. The Kier molecular flexibility index (Phi) is 5.84. The van der Waals surface area contributed by atoms with Gasteiger partial charge in [0, 0.05) is 14.2 Å². The SMILES string of the molecule is COC(=CP(=O)(OC)OC)CBr. The van der Waals surface area contributed by atoms with Crippen LogP contribution in [0.1, 0.15) is 0 Å². The Bertz CT molecular complexity index is 190. The first kappa shape index (κ1) is 12.2. The summed E-state index contributed by atoms with van der Waals surface area (Å²) >= 11 is 3.16. The van der Waals surface area contributed by atoms with E-state index in [-0.39, 0.29) is 0 Å². The third-order valence-electron chi connectivity index (χ3n) is 1.20. The molecule has 0 rings (SSSR count). The zero-order valence-corrected chi connectivity index (χ0v) is 9.72. The Morgan fingerprint density at radius 3 is 2.17 bits per heavy atom. The van der Waals surface area contributed by atoms with Gasteiger partial charge in [0.25, 0.3) is 0 Å². The fourth-order valence-corrected chi connectivity index (χ4v) is 2.05. The van der Waals surface area contributed by atoms with Crippen molar-refractivity contribution in [3.05, 3.63) is 11.6 Å². The van der Waals surface area contributed by atoms with E-state index in [0.717, 1.165) is 0 Å². The summed E-state index contributed by atoms with van der Waals surface area (Å²) in [5.74, 6) is 1.85. The summed E-state index contributed by atoms with van der Waals surface area (Å²) in [5.41, 5.74) is 0. The standard InChI is InChI=1S/C6H12BrO4P/c1-9-6(4-7)5-12(8,10-2)11-3/h5H,4H2,1-3H3. The second-order valence-electron chi connectivity index (χ2n) is 1.84. The maximum atomic E-state index is 11.5. The summed E-state index contributed by atoms with van der Waals surface area (Å²) < 4.78 is 25.7. The second-order valence-corrected chi connectivity index (χ2v) is 4.47. The highest BCUT2D eigenvalue weighted by molar-refractivity contribution is 9.09. The van der Waals surface area contributed by atoms with Gasteiger partial charge in [-0.05, 0) is 0 Å². The third-order valence-corrected chi connectivity index (χ3v) is 3.38. The van der Waals surface area contributed by atoms with Crippen molar-refractivity contribution in [2.75, 3.05) is 26.7 Å². The fraction of sp³-hybridized carbons (Fsp3) is 0.667. The molecule has 0 aromatic heterocycles. The minimum atomic E-state index is -3.09. The van der Waals surface area contributed by atoms with Crippen LogP contribution in [0.3, 0.4) is 0 Å². The lowest BCUT2D eigenvalue weighted by Gasteiger charge is -2.10. The minimum absolute atomic E-state index is 0.472. The number of rotatable bonds is 5. The van der Waals surface area contributed by atoms with Crippen molar-refractivity contribution < 1.29 is 18.3 Å². The third kappa shape index (κ3) is 3.72. The number of alkyl halides is 1. The molecule has 0 aliphatic carbocycles. The van der Waals surface area contributed by atoms with Crippen molar-refractivity contribution in [3.8, 4) is 0 Å². The van der Waals surface area contributed by atoms with E-state index in [4.69, 9.17) is 4.74 Å². The molecular weight excluding hydrogens is 247 g/mol. The predicted octanol–water partition coefficient (Wildman–Crippen LogP) is 2.36. The lowest BCUT2D eigenvalue weighted by molar-refractivity contribution is 0.275. The van der Waals surface area contributed by atoms with Crippen LogP contribution in [-0.2, 0) is 18.3 Å². The van der Waals surface area contributed by atoms with E-state index in [0.29, 0.717) is 11.1 Å². The Balaban J connectivity index is 4.54. The molecule has 0 radical (unpaired) electrons. The summed E-state index contributed by atoms with van der Waals surface area (Å²) in [7, 11) is 1.04. The molecule has 72 valence electrons. The lowest BCUT2D eigenvalue weighted by atomic mass is 10.7. The van der Waals surface area contributed by atoms with Crippen molar-refractivity contribution in [2.24, 2.45) is 0 Å². The number of methoxy groups -OCH3 is 1. The highest BCUT2D eigenvalue weighted by Crippen LogP contribution is 2.49. The molecule has 0 amide bonds. The van der Waals surface area contributed by atoms with Gasteiger partial charge >= 0.3 is 7.60 Å². The molecule has 12 heavy (non-hydrogen) atoms. The van der Waals surface area contributed by atoms with Gasteiger partial charge in [-0.1, -0.05) is 15.9 Å². The van der Waals surface area contributed by atoms with Gasteiger partial charge in [0.1, 0.15) is 5.76 Å². The van der Waals surface area contributed by atoms with Crippen molar-refractivity contribution >= 4 is 23.5 Å². The number of allylic oxidation sites excluding steroid dienone is 1. The van der Waals surface area contributed by atoms with Crippen LogP contribution in [0.5, 0.6) is 0 Å². The van der Waals surface area contributed by atoms with Gasteiger partial charge in [0.15, 0.2) is 0 Å². The van der Waals surface area contributed by atoms with E-state index in [1.54, 1.807) is 0 Å². The molecule has 0 saturated carbocycles. The zero-order chi connectivity index (χ0) is 9.61. The van der Waals surface area contributed by atoms with E-state index < -0.39 is 7.60 Å². The van der Waals surface area contributed by atoms with E-state index in [1.807, 2.05) is 0 Å². The highest BCUT2D eigenvalue weighted by Gasteiger charge is 2.18. The van der Waals surface area contributed by atoms with Gasteiger partial charge < -0.3 is 13.8 Å². The largest absolute Gasteiger partial charge is 0.500 e. The van der Waals surface area contributed by atoms with Crippen molar-refractivity contribution in [3.63, 3.8) is 0 Å². The molecule has 0 bridgehead atoms. The van der Waals surface area contributed by atoms with Crippen LogP contribution in [0, 0.1) is 0 Å². The molecule has 0 N–H and O–H groups in total. The van der Waals surface area contributed by atoms with E-state index in [9.17, 15) is 4.57 Å². The first-order valence-corrected chi connectivity index (χ1v) is 5.88. The average molecular weight is 259 g/mol. The van der Waals surface area contributed by atoms with Crippen LogP contribution in [0.25, 0.3) is 0 Å². The van der Waals surface area contributed by atoms with E-state index >= 15 is 0 Å². The molecular formula is C6H12BrO4P. The van der Waals surface area contributed by atoms with Crippen LogP contribution < -0.4 is 0 Å². The second kappa shape index (κ2) is 5.75. The molecule has 0 spiro atoms. The molecule has 0 aliphatic heterocycles. The average Bonchev–Trinajstić information content (AvgIpc) is 2.14. The fourth-order valence-electron chi connectivity index (χ4n) is 0.498. The summed E-state index contributed by atoms with van der Waals surface area (Å²) in [6, 6.07) is 0. The summed E-state index contributed by atoms with van der Waals surface area (Å²) in [5, 5.41) is 0.472. The van der Waals surface area contributed by atoms with Crippen molar-refractivity contribution in [1.29, 1.82) is 0 Å². The number of hydrogen-bond acceptors (Lipinski definition) is 4. The van der Waals surface area contributed by atoms with Crippen molar-refractivity contribution in [2.45, 2.75) is 0 Å². The first-order chi connectivity index (χ1) is 5.61. The predicted molar refractivity (Wildman–Crippen MR) is 50.5 cm³/mol. The monoisotopic (exact) mass is 258 g/mol. The molecule has 0 aliphatic rings. The van der Waals surface area contributed by atoms with E-state index in [2.05, 4.69) is 25.0 Å². The number of hydrogen-bond donors (Lipinski definition) is 0. The van der Waals surface area contributed by atoms with Crippen LogP contribution in [0.15, 0.2) is 11.6 Å². The smallest absolute Gasteiger partial charge is 0.357 e. The number of ether oxygens (including phenoxy) is 1. The van der Waals surface area contributed by atoms with Gasteiger partial charge in [0.05, 0.1) is 18.3 Å². The Labute approximate surface area is 80.5 Å². The Morgan fingerprint density at radius 2 is 1.92 bits per heavy atom. The summed E-state index contributed by atoms with van der Waals surface area (Å²) in [6.07, 6.45) is 0. The molecule has 0 aromatic carbocycles. The van der Waals surface area contributed by atoms with Gasteiger partial charge in [-0.2, -0.15) is 0 Å². The van der Waals surface area contributed by atoms with Gasteiger partial charge in [0.2, 0.25) is 0 Å². The molecule has 6 heteroatoms. The first-order valence-electron chi connectivity index (χ1n) is 3.14. The van der Waals surface area contributed by atoms with Crippen molar-refractivity contribution in [1.82, 2.24) is 0 Å². The van der Waals surface area contributed by atoms with Gasteiger partial charge in [-0.25, -0.2) is 0 Å². The molecule has 0 fully saturated rings. The van der Waals surface area contributed by atoms with Crippen LogP contribution in [-0.4, -0.2) is 26.7 Å². The molecule has 0 unspecified atom stereocenters. The van der Waals surface area contributed by atoms with Crippen LogP contribution in [0.4, 0.5) is 0 Å². The lowest BCUT2D eigenvalue weighted by Crippen LogP contribution is -1.91. The quantitative estimate of drug-likeness (QED) is 0.432. The van der Waals surface area contributed by atoms with Crippen LogP contribution >= 0.6 is 23.5 Å². The molecule has 0 aromatic rings. The Hall–Kier alpha value is 0.170. The molecule has 4 nitrogen and oxygen atoms in total. The topological polar surface area (TPSA) is 44.8 Å². The summed E-state index contributed by atoms with van der Waals surface area (Å²) in [4.78, 5) is 0. The normalized spacial score (nSPS) is 13.2. The van der Waals surface area contributed by atoms with E-state index in [1.165, 1.54) is 27.1 Å². The zero-order valence-electron chi connectivity index (χ0n) is 7.24. The minimum Gasteiger partial charge on any atom is -0.500 e. The molecule has 0 heterocycles. The van der Waals surface area contributed by atoms with Gasteiger partial charge in [-0.3, -0.25) is 4.57 Å². The highest BCUT2D eigenvalue weighted by atomic mass is 79.9. The maximum absolute atomic E-state index is 11.5. The maximum Gasteiger partial charge on any atom is 0.357 e. The Morgan fingerprint density at radius 1 is 1.42 bits per heavy atom. The van der Waals surface area contributed by atoms with Crippen LogP contribution in [0.2, 0.25) is 0 Å². The molecule has 0 saturated heterocycles. The van der Waals surface area contributed by atoms with Gasteiger partial charge in [-0.15, -0.1) is 0 Å². The molecule has 0 atom stereocenters. The number of halogens is 1.